The predicted molar refractivity (Wildman–Crippen MR) is 69.6 cm³/mol. The van der Waals surface area contributed by atoms with Crippen molar-refractivity contribution in [2.75, 3.05) is 20.6 Å². The summed E-state index contributed by atoms with van der Waals surface area (Å²) in [6.45, 7) is 1.23. The van der Waals surface area contributed by atoms with Crippen molar-refractivity contribution in [1.29, 1.82) is 5.26 Å². The summed E-state index contributed by atoms with van der Waals surface area (Å²) in [6.07, 6.45) is 8.67. The van der Waals surface area contributed by atoms with Gasteiger partial charge in [-0.25, -0.2) is 0 Å². The van der Waals surface area contributed by atoms with E-state index in [0.717, 1.165) is 18.8 Å². The average Bonchev–Trinajstić information content (AvgIpc) is 2.33. The predicted octanol–water partition coefficient (Wildman–Crippen LogP) is 2.14. The molecule has 0 spiro atoms. The van der Waals surface area contributed by atoms with E-state index in [-0.39, 0.29) is 5.54 Å². The van der Waals surface area contributed by atoms with Gasteiger partial charge >= 0.3 is 0 Å². The smallest absolute Gasteiger partial charge is 0.108 e. The Labute approximate surface area is 105 Å². The van der Waals surface area contributed by atoms with Crippen molar-refractivity contribution in [3.63, 3.8) is 0 Å². The zero-order chi connectivity index (χ0) is 12.3. The summed E-state index contributed by atoms with van der Waals surface area (Å²) in [5, 5.41) is 12.6. The van der Waals surface area contributed by atoms with Crippen molar-refractivity contribution >= 4 is 0 Å². The van der Waals surface area contributed by atoms with E-state index >= 15 is 0 Å². The topological polar surface area (TPSA) is 39.1 Å². The van der Waals surface area contributed by atoms with Crippen molar-refractivity contribution in [2.24, 2.45) is 5.92 Å². The van der Waals surface area contributed by atoms with Gasteiger partial charge in [0.1, 0.15) is 5.54 Å². The molecule has 17 heavy (non-hydrogen) atoms. The van der Waals surface area contributed by atoms with Gasteiger partial charge in [0.2, 0.25) is 0 Å². The average molecular weight is 235 g/mol. The van der Waals surface area contributed by atoms with Crippen LogP contribution in [-0.2, 0) is 0 Å². The maximum Gasteiger partial charge on any atom is 0.108 e. The molecule has 2 unspecified atom stereocenters. The van der Waals surface area contributed by atoms with E-state index in [9.17, 15) is 5.26 Å². The monoisotopic (exact) mass is 235 g/mol. The van der Waals surface area contributed by atoms with Crippen LogP contribution in [0, 0.1) is 17.2 Å². The lowest BCUT2D eigenvalue weighted by Crippen LogP contribution is -2.51. The van der Waals surface area contributed by atoms with Gasteiger partial charge in [0.25, 0.3) is 0 Å². The van der Waals surface area contributed by atoms with Crippen molar-refractivity contribution < 1.29 is 0 Å². The van der Waals surface area contributed by atoms with Crippen molar-refractivity contribution in [2.45, 2.75) is 56.5 Å². The summed E-state index contributed by atoms with van der Waals surface area (Å²) < 4.78 is 0. The van der Waals surface area contributed by atoms with Crippen molar-refractivity contribution in [1.82, 2.24) is 10.2 Å². The summed E-state index contributed by atoms with van der Waals surface area (Å²) in [6, 6.07) is 3.09. The summed E-state index contributed by atoms with van der Waals surface area (Å²) in [5.74, 6) is 0.924. The van der Waals surface area contributed by atoms with Gasteiger partial charge in [0.15, 0.2) is 0 Å². The lowest BCUT2D eigenvalue weighted by atomic mass is 9.78. The van der Waals surface area contributed by atoms with Crippen LogP contribution in [0.4, 0.5) is 0 Å². The van der Waals surface area contributed by atoms with Crippen LogP contribution < -0.4 is 5.32 Å². The van der Waals surface area contributed by atoms with Gasteiger partial charge < -0.3 is 10.2 Å². The van der Waals surface area contributed by atoms with E-state index in [1.54, 1.807) is 0 Å². The Kier molecular flexibility index (Phi) is 4.06. The Morgan fingerprint density at radius 2 is 2.12 bits per heavy atom. The van der Waals surface area contributed by atoms with Crippen LogP contribution in [0.15, 0.2) is 0 Å². The number of hydrogen-bond donors (Lipinski definition) is 1. The number of nitriles is 1. The summed E-state index contributed by atoms with van der Waals surface area (Å²) in [7, 11) is 4.17. The normalized spacial score (nSPS) is 34.4. The van der Waals surface area contributed by atoms with Gasteiger partial charge in [0, 0.05) is 12.6 Å². The molecule has 0 radical (unpaired) electrons. The first-order valence-corrected chi connectivity index (χ1v) is 6.99. The van der Waals surface area contributed by atoms with Crippen molar-refractivity contribution in [3.8, 4) is 6.07 Å². The Balaban J connectivity index is 1.89. The van der Waals surface area contributed by atoms with Gasteiger partial charge in [0.05, 0.1) is 6.07 Å². The Morgan fingerprint density at radius 3 is 2.65 bits per heavy atom. The van der Waals surface area contributed by atoms with Gasteiger partial charge in [-0.3, -0.25) is 0 Å². The SMILES string of the molecule is CNC1(C#N)CCCC(N(C)CC2CCC2)C1. The Morgan fingerprint density at radius 1 is 1.35 bits per heavy atom. The quantitative estimate of drug-likeness (QED) is 0.811. The van der Waals surface area contributed by atoms with E-state index in [0.29, 0.717) is 6.04 Å². The fourth-order valence-electron chi connectivity index (χ4n) is 3.24. The molecule has 3 nitrogen and oxygen atoms in total. The highest BCUT2D eigenvalue weighted by Gasteiger charge is 2.37. The van der Waals surface area contributed by atoms with Gasteiger partial charge in [-0.15, -0.1) is 0 Å². The first-order valence-electron chi connectivity index (χ1n) is 6.99. The molecule has 1 N–H and O–H groups in total. The summed E-state index contributed by atoms with van der Waals surface area (Å²) >= 11 is 0. The third kappa shape index (κ3) is 2.81. The molecule has 2 aliphatic carbocycles. The standard InChI is InChI=1S/C14H25N3/c1-16-14(11-15)8-4-7-13(9-14)17(2)10-12-5-3-6-12/h12-13,16H,3-10H2,1-2H3. The van der Waals surface area contributed by atoms with Gasteiger partial charge in [-0.2, -0.15) is 5.26 Å². The van der Waals surface area contributed by atoms with Crippen LogP contribution in [0.25, 0.3) is 0 Å². The molecule has 0 amide bonds. The minimum Gasteiger partial charge on any atom is -0.303 e. The van der Waals surface area contributed by atoms with E-state index in [1.165, 1.54) is 38.6 Å². The molecule has 3 heteroatoms. The van der Waals surface area contributed by atoms with Gasteiger partial charge in [-0.1, -0.05) is 6.42 Å². The van der Waals surface area contributed by atoms with Crippen LogP contribution in [0.2, 0.25) is 0 Å². The van der Waals surface area contributed by atoms with Crippen LogP contribution in [-0.4, -0.2) is 37.1 Å². The first kappa shape index (κ1) is 12.9. The number of rotatable bonds is 4. The minimum atomic E-state index is -0.267. The minimum absolute atomic E-state index is 0.267. The van der Waals surface area contributed by atoms with E-state index in [4.69, 9.17) is 0 Å². The summed E-state index contributed by atoms with van der Waals surface area (Å²) in [5.41, 5.74) is -0.267. The number of hydrogen-bond acceptors (Lipinski definition) is 3. The zero-order valence-corrected chi connectivity index (χ0v) is 11.2. The Bertz CT molecular complexity index is 292. The molecule has 0 saturated heterocycles. The third-order valence-electron chi connectivity index (χ3n) is 4.81. The maximum absolute atomic E-state index is 9.35. The maximum atomic E-state index is 9.35. The molecule has 2 aliphatic rings. The van der Waals surface area contributed by atoms with Crippen LogP contribution in [0.5, 0.6) is 0 Å². The molecular formula is C14H25N3. The third-order valence-corrected chi connectivity index (χ3v) is 4.81. The highest BCUT2D eigenvalue weighted by atomic mass is 15.1. The summed E-state index contributed by atoms with van der Waals surface area (Å²) in [4.78, 5) is 2.51. The highest BCUT2D eigenvalue weighted by Crippen LogP contribution is 2.33. The van der Waals surface area contributed by atoms with E-state index in [1.807, 2.05) is 7.05 Å². The second-order valence-corrected chi connectivity index (χ2v) is 5.93. The molecule has 0 aliphatic heterocycles. The molecule has 2 rings (SSSR count). The molecule has 0 aromatic rings. The first-order chi connectivity index (χ1) is 8.19. The zero-order valence-electron chi connectivity index (χ0n) is 11.2. The van der Waals surface area contributed by atoms with Crippen molar-refractivity contribution in [3.05, 3.63) is 0 Å². The second-order valence-electron chi connectivity index (χ2n) is 5.93. The number of nitrogens with zero attached hydrogens (tertiary/aromatic N) is 2. The highest BCUT2D eigenvalue weighted by molar-refractivity contribution is 5.10. The molecule has 2 fully saturated rings. The molecule has 0 aromatic carbocycles. The molecule has 0 aromatic heterocycles. The van der Waals surface area contributed by atoms with E-state index < -0.39 is 0 Å². The Hall–Kier alpha value is -0.590. The second kappa shape index (κ2) is 5.37. The lowest BCUT2D eigenvalue weighted by Gasteiger charge is -2.41. The molecule has 2 atom stereocenters. The molecule has 0 bridgehead atoms. The number of nitrogens with one attached hydrogen (secondary N) is 1. The van der Waals surface area contributed by atoms with Crippen LogP contribution in [0.3, 0.4) is 0 Å². The van der Waals surface area contributed by atoms with Gasteiger partial charge in [-0.05, 0) is 58.5 Å². The largest absolute Gasteiger partial charge is 0.303 e. The van der Waals surface area contributed by atoms with E-state index in [2.05, 4.69) is 23.3 Å². The molecule has 96 valence electrons. The molecule has 0 heterocycles. The molecule has 2 saturated carbocycles. The van der Waals surface area contributed by atoms with Crippen LogP contribution in [0.1, 0.15) is 44.9 Å². The van der Waals surface area contributed by atoms with Crippen LogP contribution >= 0.6 is 0 Å². The fraction of sp³-hybridized carbons (Fsp3) is 0.929. The fourth-order valence-corrected chi connectivity index (χ4v) is 3.24. The lowest BCUT2D eigenvalue weighted by molar-refractivity contribution is 0.111. The molecular weight excluding hydrogens is 210 g/mol.